The van der Waals surface area contributed by atoms with Crippen LogP contribution < -0.4 is 0 Å². The van der Waals surface area contributed by atoms with E-state index in [2.05, 4.69) is 9.89 Å². The Balaban J connectivity index is 2.21. The first kappa shape index (κ1) is 17.3. The van der Waals surface area contributed by atoms with Gasteiger partial charge in [0.2, 0.25) is 0 Å². The van der Waals surface area contributed by atoms with E-state index in [1.54, 1.807) is 24.3 Å². The van der Waals surface area contributed by atoms with Gasteiger partial charge in [-0.25, -0.2) is 4.79 Å². The first-order valence-electron chi connectivity index (χ1n) is 6.84. The second-order valence-electron chi connectivity index (χ2n) is 4.82. The summed E-state index contributed by atoms with van der Waals surface area (Å²) >= 11 is 11.8. The lowest BCUT2D eigenvalue weighted by Gasteiger charge is -2.07. The van der Waals surface area contributed by atoms with E-state index in [9.17, 15) is 4.79 Å². The molecule has 0 aliphatic rings. The van der Waals surface area contributed by atoms with Crippen molar-refractivity contribution in [1.82, 2.24) is 5.16 Å². The van der Waals surface area contributed by atoms with Crippen LogP contribution in [-0.4, -0.2) is 18.2 Å². The minimum atomic E-state index is -0.426. The quantitative estimate of drug-likeness (QED) is 0.565. The Labute approximate surface area is 144 Å². The molecule has 0 amide bonds. The smallest absolute Gasteiger partial charge is 0.330 e. The van der Waals surface area contributed by atoms with E-state index in [0.29, 0.717) is 22.0 Å². The highest BCUT2D eigenvalue weighted by Crippen LogP contribution is 2.29. The van der Waals surface area contributed by atoms with Crippen molar-refractivity contribution in [3.63, 3.8) is 0 Å². The molecule has 1 heterocycles. The number of halogens is 2. The van der Waals surface area contributed by atoms with Gasteiger partial charge in [-0.3, -0.25) is 0 Å². The van der Waals surface area contributed by atoms with Crippen LogP contribution in [0, 0.1) is 5.92 Å². The molecule has 0 fully saturated rings. The molecule has 2 aromatic rings. The maximum Gasteiger partial charge on any atom is 0.330 e. The normalized spacial score (nSPS) is 13.3. The first-order valence-corrected chi connectivity index (χ1v) is 7.66. The van der Waals surface area contributed by atoms with Crippen LogP contribution in [0.2, 0.25) is 5.02 Å². The number of carbonyl (C=O) groups is 1. The summed E-state index contributed by atoms with van der Waals surface area (Å²) in [5.74, 6) is -0.0326. The minimum absolute atomic E-state index is 0.141. The molecule has 0 bridgehead atoms. The Morgan fingerprint density at radius 3 is 2.65 bits per heavy atom. The van der Waals surface area contributed by atoms with Gasteiger partial charge in [-0.1, -0.05) is 53.5 Å². The van der Waals surface area contributed by atoms with Gasteiger partial charge in [-0.2, -0.15) is 0 Å². The van der Waals surface area contributed by atoms with Gasteiger partial charge in [0.05, 0.1) is 7.11 Å². The molecule has 2 rings (SSSR count). The van der Waals surface area contributed by atoms with E-state index < -0.39 is 5.97 Å². The molecule has 0 saturated carbocycles. The summed E-state index contributed by atoms with van der Waals surface area (Å²) in [5.41, 5.74) is 3.69. The van der Waals surface area contributed by atoms with Crippen molar-refractivity contribution in [2.45, 2.75) is 6.92 Å². The van der Waals surface area contributed by atoms with Gasteiger partial charge in [0.1, 0.15) is 5.69 Å². The lowest BCUT2D eigenvalue weighted by molar-refractivity contribution is -0.134. The Bertz CT molecular complexity index is 733. The summed E-state index contributed by atoms with van der Waals surface area (Å²) in [6.07, 6.45) is 3.03. The molecule has 4 nitrogen and oxygen atoms in total. The molecular weight excluding hydrogens is 337 g/mol. The summed E-state index contributed by atoms with van der Waals surface area (Å²) in [6.45, 7) is 1.89. The van der Waals surface area contributed by atoms with Gasteiger partial charge in [-0.05, 0) is 12.1 Å². The lowest BCUT2D eigenvalue weighted by atomic mass is 9.99. The summed E-state index contributed by atoms with van der Waals surface area (Å²) in [6, 6.07) is 9.07. The number of nitrogens with zero attached hydrogens (tertiary/aromatic N) is 1. The topological polar surface area (TPSA) is 52.3 Å². The number of benzene rings is 1. The minimum Gasteiger partial charge on any atom is -0.466 e. The summed E-state index contributed by atoms with van der Waals surface area (Å²) < 4.78 is 9.94. The highest BCUT2D eigenvalue weighted by atomic mass is 35.5. The fraction of sp³-hybridized carbons (Fsp3) is 0.176. The number of aromatic nitrogens is 1. The zero-order valence-corrected chi connectivity index (χ0v) is 14.1. The SMILES string of the molecule is COC(=O)/C=C/C(C)/C(=C/Cl)c1cc(-c2ccc(Cl)cc2)no1. The Morgan fingerprint density at radius 1 is 1.35 bits per heavy atom. The third-order valence-corrected chi connectivity index (χ3v) is 3.75. The van der Waals surface area contributed by atoms with Crippen LogP contribution in [0.25, 0.3) is 16.8 Å². The van der Waals surface area contributed by atoms with Crippen LogP contribution in [0.4, 0.5) is 0 Å². The Kier molecular flexibility index (Phi) is 6.02. The van der Waals surface area contributed by atoms with E-state index in [1.807, 2.05) is 19.1 Å². The van der Waals surface area contributed by atoms with Gasteiger partial charge in [0.15, 0.2) is 5.76 Å². The van der Waals surface area contributed by atoms with Crippen molar-refractivity contribution < 1.29 is 14.1 Å². The number of methoxy groups -OCH3 is 1. The molecule has 6 heteroatoms. The van der Waals surface area contributed by atoms with E-state index in [1.165, 1.54) is 18.7 Å². The van der Waals surface area contributed by atoms with Gasteiger partial charge >= 0.3 is 5.97 Å². The largest absolute Gasteiger partial charge is 0.466 e. The maximum absolute atomic E-state index is 11.2. The third-order valence-electron chi connectivity index (χ3n) is 3.26. The first-order chi connectivity index (χ1) is 11.0. The van der Waals surface area contributed by atoms with Crippen LogP contribution in [0.1, 0.15) is 12.7 Å². The lowest BCUT2D eigenvalue weighted by Crippen LogP contribution is -1.98. The second kappa shape index (κ2) is 7.99. The van der Waals surface area contributed by atoms with Gasteiger partial charge in [0.25, 0.3) is 0 Å². The maximum atomic E-state index is 11.2. The van der Waals surface area contributed by atoms with Crippen molar-refractivity contribution in [3.8, 4) is 11.3 Å². The van der Waals surface area contributed by atoms with Crippen molar-refractivity contribution in [2.75, 3.05) is 7.11 Å². The third kappa shape index (κ3) is 4.47. The summed E-state index contributed by atoms with van der Waals surface area (Å²) in [5, 5.41) is 4.70. The molecule has 1 aromatic carbocycles. The zero-order chi connectivity index (χ0) is 16.8. The van der Waals surface area contributed by atoms with Crippen molar-refractivity contribution in [2.24, 2.45) is 5.92 Å². The monoisotopic (exact) mass is 351 g/mol. The fourth-order valence-electron chi connectivity index (χ4n) is 1.94. The van der Waals surface area contributed by atoms with Crippen LogP contribution in [0.5, 0.6) is 0 Å². The summed E-state index contributed by atoms with van der Waals surface area (Å²) in [7, 11) is 1.32. The number of esters is 1. The molecule has 0 aliphatic heterocycles. The molecule has 1 atom stereocenters. The Morgan fingerprint density at radius 2 is 2.04 bits per heavy atom. The Hall–Kier alpha value is -2.04. The number of hydrogen-bond donors (Lipinski definition) is 0. The number of carbonyl (C=O) groups excluding carboxylic acids is 1. The summed E-state index contributed by atoms with van der Waals surface area (Å²) in [4.78, 5) is 11.2. The van der Waals surface area contributed by atoms with Gasteiger partial charge < -0.3 is 9.26 Å². The molecule has 0 saturated heterocycles. The predicted octanol–water partition coefficient (Wildman–Crippen LogP) is 4.94. The fourth-order valence-corrected chi connectivity index (χ4v) is 2.37. The molecule has 1 aromatic heterocycles. The average Bonchev–Trinajstić information content (AvgIpc) is 3.03. The molecular formula is C17H15Cl2NO3. The number of allylic oxidation sites excluding steroid dienone is 2. The van der Waals surface area contributed by atoms with E-state index in [-0.39, 0.29) is 5.92 Å². The molecule has 23 heavy (non-hydrogen) atoms. The van der Waals surface area contributed by atoms with E-state index in [4.69, 9.17) is 27.7 Å². The average molecular weight is 352 g/mol. The van der Waals surface area contributed by atoms with Crippen molar-refractivity contribution in [1.29, 1.82) is 0 Å². The predicted molar refractivity (Wildman–Crippen MR) is 91.1 cm³/mol. The van der Waals surface area contributed by atoms with Crippen molar-refractivity contribution >= 4 is 34.7 Å². The van der Waals surface area contributed by atoms with Crippen LogP contribution in [0.3, 0.4) is 0 Å². The molecule has 120 valence electrons. The van der Waals surface area contributed by atoms with Gasteiger partial charge in [0, 0.05) is 39.8 Å². The second-order valence-corrected chi connectivity index (χ2v) is 5.47. The molecule has 0 radical (unpaired) electrons. The van der Waals surface area contributed by atoms with Crippen LogP contribution in [-0.2, 0) is 9.53 Å². The number of rotatable bonds is 5. The molecule has 1 unspecified atom stereocenters. The molecule has 0 N–H and O–H groups in total. The highest BCUT2D eigenvalue weighted by molar-refractivity contribution is 6.30. The highest BCUT2D eigenvalue weighted by Gasteiger charge is 2.15. The molecule has 0 aliphatic carbocycles. The van der Waals surface area contributed by atoms with E-state index >= 15 is 0 Å². The zero-order valence-electron chi connectivity index (χ0n) is 12.6. The molecule has 0 spiro atoms. The standard InChI is InChI=1S/C17H15Cl2NO3/c1-11(3-8-17(21)22-2)14(10-18)16-9-15(20-23-16)12-4-6-13(19)7-5-12/h3-11H,1-2H3/b8-3+,14-10-. The van der Waals surface area contributed by atoms with E-state index in [0.717, 1.165) is 5.56 Å². The van der Waals surface area contributed by atoms with Gasteiger partial charge in [-0.15, -0.1) is 0 Å². The number of ether oxygens (including phenoxy) is 1. The van der Waals surface area contributed by atoms with Crippen LogP contribution in [0.15, 0.2) is 52.5 Å². The number of hydrogen-bond acceptors (Lipinski definition) is 4. The van der Waals surface area contributed by atoms with Crippen molar-refractivity contribution in [3.05, 3.63) is 58.8 Å². The van der Waals surface area contributed by atoms with Crippen LogP contribution >= 0.6 is 23.2 Å².